The van der Waals surface area contributed by atoms with Gasteiger partial charge in [-0.1, -0.05) is 96.8 Å². The first-order valence-corrected chi connectivity index (χ1v) is 10.3. The van der Waals surface area contributed by atoms with Gasteiger partial charge in [0.2, 0.25) is 11.8 Å². The molecule has 0 aliphatic carbocycles. The SMILES string of the molecule is CCCCCCCCCCCCCCCCC1C(=O)NC(=O)NC1=O. The van der Waals surface area contributed by atoms with Gasteiger partial charge >= 0.3 is 6.03 Å². The lowest BCUT2D eigenvalue weighted by molar-refractivity contribution is -0.136. The van der Waals surface area contributed by atoms with E-state index in [1.54, 1.807) is 0 Å². The molecule has 5 heteroatoms. The minimum Gasteiger partial charge on any atom is -0.277 e. The van der Waals surface area contributed by atoms with Crippen molar-refractivity contribution in [3.05, 3.63) is 0 Å². The molecule has 25 heavy (non-hydrogen) atoms. The van der Waals surface area contributed by atoms with Gasteiger partial charge in [-0.3, -0.25) is 20.2 Å². The van der Waals surface area contributed by atoms with Gasteiger partial charge in [-0.05, 0) is 6.42 Å². The number of urea groups is 1. The molecule has 0 aromatic heterocycles. The van der Waals surface area contributed by atoms with E-state index in [1.165, 1.54) is 70.6 Å². The smallest absolute Gasteiger partial charge is 0.277 e. The zero-order valence-corrected chi connectivity index (χ0v) is 15.9. The minimum absolute atomic E-state index is 0.455. The number of carbonyl (C=O) groups excluding carboxylic acids is 3. The second-order valence-corrected chi connectivity index (χ2v) is 7.25. The number of carbonyl (C=O) groups is 3. The van der Waals surface area contributed by atoms with Crippen molar-refractivity contribution >= 4 is 17.8 Å². The number of hydrogen-bond acceptors (Lipinski definition) is 3. The molecule has 4 amide bonds. The van der Waals surface area contributed by atoms with E-state index in [-0.39, 0.29) is 0 Å². The van der Waals surface area contributed by atoms with E-state index < -0.39 is 23.8 Å². The lowest BCUT2D eigenvalue weighted by Gasteiger charge is -2.20. The van der Waals surface area contributed by atoms with E-state index in [9.17, 15) is 14.4 Å². The van der Waals surface area contributed by atoms with Crippen molar-refractivity contribution in [3.63, 3.8) is 0 Å². The van der Waals surface area contributed by atoms with Crippen LogP contribution in [0.25, 0.3) is 0 Å². The van der Waals surface area contributed by atoms with Crippen LogP contribution in [-0.2, 0) is 9.59 Å². The highest BCUT2D eigenvalue weighted by Crippen LogP contribution is 2.16. The quantitative estimate of drug-likeness (QED) is 0.327. The predicted molar refractivity (Wildman–Crippen MR) is 100 cm³/mol. The fourth-order valence-electron chi connectivity index (χ4n) is 3.35. The third kappa shape index (κ3) is 10.3. The molecule has 1 rings (SSSR count). The summed E-state index contributed by atoms with van der Waals surface area (Å²) in [7, 11) is 0. The van der Waals surface area contributed by atoms with Crippen LogP contribution in [0, 0.1) is 5.92 Å². The summed E-state index contributed by atoms with van der Waals surface area (Å²) in [6, 6.07) is -0.702. The van der Waals surface area contributed by atoms with E-state index in [0.29, 0.717) is 6.42 Å². The zero-order chi connectivity index (χ0) is 18.3. The van der Waals surface area contributed by atoms with Crippen LogP contribution in [0.2, 0.25) is 0 Å². The number of barbiturate groups is 1. The molecule has 0 saturated carbocycles. The summed E-state index contributed by atoms with van der Waals surface area (Å²) < 4.78 is 0. The average molecular weight is 353 g/mol. The van der Waals surface area contributed by atoms with E-state index in [1.807, 2.05) is 0 Å². The highest BCUT2D eigenvalue weighted by Gasteiger charge is 2.33. The van der Waals surface area contributed by atoms with Gasteiger partial charge in [0.15, 0.2) is 0 Å². The summed E-state index contributed by atoms with van der Waals surface area (Å²) in [5.74, 6) is -1.61. The van der Waals surface area contributed by atoms with Gasteiger partial charge in [0.1, 0.15) is 5.92 Å². The first-order valence-electron chi connectivity index (χ1n) is 10.3. The molecule has 0 radical (unpaired) electrons. The zero-order valence-electron chi connectivity index (χ0n) is 15.9. The van der Waals surface area contributed by atoms with Crippen LogP contribution >= 0.6 is 0 Å². The standard InChI is InChI=1S/C20H36N2O3/c1-2-3-4-5-6-7-8-9-10-11-12-13-14-15-16-17-18(23)21-20(25)22-19(17)24/h17H,2-16H2,1H3,(H2,21,22,23,24,25). The van der Waals surface area contributed by atoms with E-state index >= 15 is 0 Å². The van der Waals surface area contributed by atoms with Crippen molar-refractivity contribution in [2.75, 3.05) is 0 Å². The largest absolute Gasteiger partial charge is 0.328 e. The molecule has 2 N–H and O–H groups in total. The number of unbranched alkanes of at least 4 members (excludes halogenated alkanes) is 13. The third-order valence-electron chi connectivity index (χ3n) is 4.95. The van der Waals surface area contributed by atoms with Crippen LogP contribution in [0.4, 0.5) is 4.79 Å². The Hall–Kier alpha value is -1.39. The van der Waals surface area contributed by atoms with Gasteiger partial charge in [0.05, 0.1) is 0 Å². The van der Waals surface area contributed by atoms with Gasteiger partial charge in [-0.15, -0.1) is 0 Å². The number of hydrogen-bond donors (Lipinski definition) is 2. The van der Waals surface area contributed by atoms with Crippen molar-refractivity contribution in [2.24, 2.45) is 5.92 Å². The molecule has 1 aliphatic rings. The van der Waals surface area contributed by atoms with Crippen molar-refractivity contribution in [3.8, 4) is 0 Å². The lowest BCUT2D eigenvalue weighted by atomic mass is 9.97. The Morgan fingerprint density at radius 2 is 0.960 bits per heavy atom. The molecular formula is C20H36N2O3. The Morgan fingerprint density at radius 1 is 0.600 bits per heavy atom. The van der Waals surface area contributed by atoms with Crippen molar-refractivity contribution in [2.45, 2.75) is 103 Å². The first-order chi connectivity index (χ1) is 12.1. The topological polar surface area (TPSA) is 75.3 Å². The molecule has 1 fully saturated rings. The second-order valence-electron chi connectivity index (χ2n) is 7.25. The Bertz CT molecular complexity index is 390. The molecule has 144 valence electrons. The van der Waals surface area contributed by atoms with Crippen molar-refractivity contribution < 1.29 is 14.4 Å². The monoisotopic (exact) mass is 352 g/mol. The molecular weight excluding hydrogens is 316 g/mol. The molecule has 0 aromatic carbocycles. The molecule has 0 unspecified atom stereocenters. The molecule has 0 spiro atoms. The molecule has 1 heterocycles. The predicted octanol–water partition coefficient (Wildman–Crippen LogP) is 4.84. The van der Waals surface area contributed by atoms with Gasteiger partial charge < -0.3 is 0 Å². The Labute approximate surface area is 152 Å². The summed E-state index contributed by atoms with van der Waals surface area (Å²) >= 11 is 0. The Balaban J connectivity index is 1.85. The van der Waals surface area contributed by atoms with Crippen molar-refractivity contribution in [1.29, 1.82) is 0 Å². The van der Waals surface area contributed by atoms with Crippen LogP contribution in [-0.4, -0.2) is 17.8 Å². The van der Waals surface area contributed by atoms with Gasteiger partial charge in [0, 0.05) is 0 Å². The second kappa shape index (κ2) is 13.9. The normalized spacial score (nSPS) is 15.3. The number of nitrogens with one attached hydrogen (secondary N) is 2. The van der Waals surface area contributed by atoms with E-state index in [2.05, 4.69) is 17.6 Å². The van der Waals surface area contributed by atoms with Crippen molar-refractivity contribution in [1.82, 2.24) is 10.6 Å². The highest BCUT2D eigenvalue weighted by molar-refractivity contribution is 6.16. The summed E-state index contributed by atoms with van der Waals surface area (Å²) in [6.07, 6.45) is 18.4. The number of amides is 4. The maximum absolute atomic E-state index is 11.6. The van der Waals surface area contributed by atoms with Crippen LogP contribution in [0.15, 0.2) is 0 Å². The van der Waals surface area contributed by atoms with E-state index in [4.69, 9.17) is 0 Å². The lowest BCUT2D eigenvalue weighted by Crippen LogP contribution is -2.55. The Morgan fingerprint density at radius 3 is 1.36 bits per heavy atom. The van der Waals surface area contributed by atoms with Crippen LogP contribution in [0.5, 0.6) is 0 Å². The maximum Gasteiger partial charge on any atom is 0.328 e. The summed E-state index contributed by atoms with van der Waals surface area (Å²) in [5.41, 5.74) is 0. The molecule has 0 atom stereocenters. The summed E-state index contributed by atoms with van der Waals surface area (Å²) in [4.78, 5) is 34.1. The molecule has 0 bridgehead atoms. The summed E-state index contributed by atoms with van der Waals surface area (Å²) in [5, 5.41) is 4.30. The van der Waals surface area contributed by atoms with Gasteiger partial charge in [0.25, 0.3) is 0 Å². The van der Waals surface area contributed by atoms with E-state index in [0.717, 1.165) is 19.3 Å². The molecule has 1 saturated heterocycles. The number of rotatable bonds is 15. The maximum atomic E-state index is 11.6. The van der Waals surface area contributed by atoms with Gasteiger partial charge in [-0.2, -0.15) is 0 Å². The fourth-order valence-corrected chi connectivity index (χ4v) is 3.35. The third-order valence-corrected chi connectivity index (χ3v) is 4.95. The fraction of sp³-hybridized carbons (Fsp3) is 0.850. The van der Waals surface area contributed by atoms with Crippen LogP contribution < -0.4 is 10.6 Å². The molecule has 1 aliphatic heterocycles. The van der Waals surface area contributed by atoms with Crippen LogP contribution in [0.1, 0.15) is 103 Å². The minimum atomic E-state index is -0.702. The van der Waals surface area contributed by atoms with Crippen LogP contribution in [0.3, 0.4) is 0 Å². The Kier molecular flexibility index (Phi) is 12.0. The van der Waals surface area contributed by atoms with Gasteiger partial charge in [-0.25, -0.2) is 4.79 Å². The highest BCUT2D eigenvalue weighted by atomic mass is 16.2. The summed E-state index contributed by atoms with van der Waals surface area (Å²) in [6.45, 7) is 2.26. The molecule has 5 nitrogen and oxygen atoms in total. The number of imide groups is 2. The first kappa shape index (κ1) is 21.7. The average Bonchev–Trinajstić information content (AvgIpc) is 2.57. The molecule has 0 aromatic rings.